The fourth-order valence-corrected chi connectivity index (χ4v) is 3.26. The third-order valence-corrected chi connectivity index (χ3v) is 4.19. The van der Waals surface area contributed by atoms with Gasteiger partial charge in [0.25, 0.3) is 0 Å². The zero-order valence-corrected chi connectivity index (χ0v) is 11.3. The Morgan fingerprint density at radius 1 is 1.37 bits per heavy atom. The second-order valence-corrected chi connectivity index (χ2v) is 5.48. The first-order valence-electron chi connectivity index (χ1n) is 6.96. The first-order valence-corrected chi connectivity index (χ1v) is 6.96. The monoisotopic (exact) mass is 263 g/mol. The summed E-state index contributed by atoms with van der Waals surface area (Å²) in [6, 6.07) is 7.67. The van der Waals surface area contributed by atoms with Crippen LogP contribution in [-0.2, 0) is 15.9 Å². The van der Waals surface area contributed by atoms with Crippen LogP contribution in [0.15, 0.2) is 24.3 Å². The number of likely N-dealkylation sites (tertiary alicyclic amines) is 1. The number of aromatic hydroxyl groups is 1. The fraction of sp³-hybridized carbons (Fsp3) is 0.600. The van der Waals surface area contributed by atoms with Crippen LogP contribution in [-0.4, -0.2) is 48.6 Å². The van der Waals surface area contributed by atoms with Crippen molar-refractivity contribution in [2.75, 3.05) is 26.8 Å². The molecule has 1 unspecified atom stereocenters. The number of phenolic OH excluding ortho intramolecular Hbond substituents is 1. The molecule has 4 nitrogen and oxygen atoms in total. The van der Waals surface area contributed by atoms with Crippen LogP contribution < -0.4 is 0 Å². The largest absolute Gasteiger partial charge is 0.508 e. The number of benzene rings is 1. The smallest absolute Gasteiger partial charge is 0.184 e. The summed E-state index contributed by atoms with van der Waals surface area (Å²) < 4.78 is 11.9. The molecule has 0 aromatic heterocycles. The standard InChI is InChI=1S/C15H21NO3/c1-16-7-3-6-15(18-8-9-19-15)14(16)11-12-4-2-5-13(17)10-12/h2,4-5,10,14,17H,3,6-9,11H2,1H3. The third-order valence-electron chi connectivity index (χ3n) is 4.19. The number of likely N-dealkylation sites (N-methyl/N-ethyl adjacent to an activating group) is 1. The van der Waals surface area contributed by atoms with E-state index < -0.39 is 5.79 Å². The molecule has 0 saturated carbocycles. The van der Waals surface area contributed by atoms with Crippen molar-refractivity contribution in [3.05, 3.63) is 29.8 Å². The number of hydrogen-bond acceptors (Lipinski definition) is 4. The maximum Gasteiger partial charge on any atom is 0.184 e. The molecule has 4 heteroatoms. The second-order valence-electron chi connectivity index (χ2n) is 5.48. The van der Waals surface area contributed by atoms with Crippen molar-refractivity contribution in [2.45, 2.75) is 31.1 Å². The summed E-state index contributed by atoms with van der Waals surface area (Å²) >= 11 is 0. The Bertz CT molecular complexity index is 443. The van der Waals surface area contributed by atoms with Crippen LogP contribution in [0.2, 0.25) is 0 Å². The second kappa shape index (κ2) is 5.12. The lowest BCUT2D eigenvalue weighted by atomic mass is 9.90. The zero-order valence-electron chi connectivity index (χ0n) is 11.3. The molecule has 1 aromatic carbocycles. The summed E-state index contributed by atoms with van der Waals surface area (Å²) in [6.07, 6.45) is 2.90. The van der Waals surface area contributed by atoms with Crippen LogP contribution in [0.3, 0.4) is 0 Å². The Morgan fingerprint density at radius 3 is 2.89 bits per heavy atom. The van der Waals surface area contributed by atoms with Crippen LogP contribution in [0, 0.1) is 0 Å². The van der Waals surface area contributed by atoms with E-state index in [0.29, 0.717) is 19.0 Å². The zero-order chi connectivity index (χ0) is 13.3. The number of piperidine rings is 1. The quantitative estimate of drug-likeness (QED) is 0.883. The highest BCUT2D eigenvalue weighted by Gasteiger charge is 2.48. The minimum absolute atomic E-state index is 0.213. The molecule has 1 atom stereocenters. The molecule has 1 spiro atoms. The van der Waals surface area contributed by atoms with Gasteiger partial charge in [0, 0.05) is 6.42 Å². The number of rotatable bonds is 2. The van der Waals surface area contributed by atoms with Gasteiger partial charge in [0.2, 0.25) is 0 Å². The van der Waals surface area contributed by atoms with Crippen molar-refractivity contribution in [1.82, 2.24) is 4.90 Å². The number of phenols is 1. The number of ether oxygens (including phenoxy) is 2. The molecule has 2 heterocycles. The summed E-state index contributed by atoms with van der Waals surface area (Å²) in [7, 11) is 2.12. The first-order chi connectivity index (χ1) is 9.20. The molecular formula is C15H21NO3. The van der Waals surface area contributed by atoms with E-state index in [9.17, 15) is 5.11 Å². The molecule has 0 radical (unpaired) electrons. The first kappa shape index (κ1) is 12.9. The highest BCUT2D eigenvalue weighted by molar-refractivity contribution is 5.28. The molecule has 2 fully saturated rings. The lowest BCUT2D eigenvalue weighted by molar-refractivity contribution is -0.218. The van der Waals surface area contributed by atoms with E-state index in [0.717, 1.165) is 31.4 Å². The average molecular weight is 263 g/mol. The third kappa shape index (κ3) is 2.48. The van der Waals surface area contributed by atoms with Crippen molar-refractivity contribution in [3.8, 4) is 5.75 Å². The molecule has 0 amide bonds. The minimum atomic E-state index is -0.446. The van der Waals surface area contributed by atoms with Crippen LogP contribution >= 0.6 is 0 Å². The van der Waals surface area contributed by atoms with Crippen LogP contribution in [0.5, 0.6) is 5.75 Å². The van der Waals surface area contributed by atoms with Crippen LogP contribution in [0.25, 0.3) is 0 Å². The van der Waals surface area contributed by atoms with E-state index in [-0.39, 0.29) is 6.04 Å². The summed E-state index contributed by atoms with van der Waals surface area (Å²) in [4.78, 5) is 2.32. The van der Waals surface area contributed by atoms with Crippen LogP contribution in [0.1, 0.15) is 18.4 Å². The molecule has 2 aliphatic heterocycles. The highest BCUT2D eigenvalue weighted by atomic mass is 16.7. The molecule has 1 N–H and O–H groups in total. The normalized spacial score (nSPS) is 26.9. The Labute approximate surface area is 113 Å². The van der Waals surface area contributed by atoms with Gasteiger partial charge >= 0.3 is 0 Å². The van der Waals surface area contributed by atoms with Gasteiger partial charge in [-0.15, -0.1) is 0 Å². The van der Waals surface area contributed by atoms with E-state index in [1.54, 1.807) is 6.07 Å². The molecule has 2 aliphatic rings. The summed E-state index contributed by atoms with van der Waals surface area (Å²) in [5, 5.41) is 9.59. The van der Waals surface area contributed by atoms with Gasteiger partial charge in [-0.2, -0.15) is 0 Å². The summed E-state index contributed by atoms with van der Waals surface area (Å²) in [6.45, 7) is 2.44. The average Bonchev–Trinajstić information content (AvgIpc) is 2.84. The maximum absolute atomic E-state index is 9.59. The van der Waals surface area contributed by atoms with Crippen molar-refractivity contribution in [3.63, 3.8) is 0 Å². The summed E-state index contributed by atoms with van der Waals surface area (Å²) in [5.41, 5.74) is 1.12. The predicted octanol–water partition coefficient (Wildman–Crippen LogP) is 1.77. The van der Waals surface area contributed by atoms with Gasteiger partial charge in [0.05, 0.1) is 19.3 Å². The lowest BCUT2D eigenvalue weighted by Crippen LogP contribution is -2.57. The predicted molar refractivity (Wildman–Crippen MR) is 72.1 cm³/mol. The van der Waals surface area contributed by atoms with Crippen molar-refractivity contribution in [2.24, 2.45) is 0 Å². The molecule has 2 saturated heterocycles. The molecule has 19 heavy (non-hydrogen) atoms. The van der Waals surface area contributed by atoms with Gasteiger partial charge in [-0.25, -0.2) is 0 Å². The molecule has 3 rings (SSSR count). The summed E-state index contributed by atoms with van der Waals surface area (Å²) in [5.74, 6) is -0.128. The van der Waals surface area contributed by atoms with Gasteiger partial charge in [-0.1, -0.05) is 12.1 Å². The molecular weight excluding hydrogens is 242 g/mol. The minimum Gasteiger partial charge on any atom is -0.508 e. The molecule has 0 bridgehead atoms. The highest BCUT2D eigenvalue weighted by Crippen LogP contribution is 2.36. The van der Waals surface area contributed by atoms with E-state index >= 15 is 0 Å². The van der Waals surface area contributed by atoms with Gasteiger partial charge in [-0.05, 0) is 44.1 Å². The maximum atomic E-state index is 9.59. The Morgan fingerprint density at radius 2 is 2.16 bits per heavy atom. The Balaban J connectivity index is 1.83. The van der Waals surface area contributed by atoms with Gasteiger partial charge in [0.15, 0.2) is 5.79 Å². The van der Waals surface area contributed by atoms with Crippen molar-refractivity contribution >= 4 is 0 Å². The Kier molecular flexibility index (Phi) is 3.48. The number of hydrogen-bond donors (Lipinski definition) is 1. The molecule has 1 aromatic rings. The molecule has 0 aliphatic carbocycles. The van der Waals surface area contributed by atoms with Crippen molar-refractivity contribution < 1.29 is 14.6 Å². The molecule has 104 valence electrons. The number of nitrogens with zero attached hydrogens (tertiary/aromatic N) is 1. The van der Waals surface area contributed by atoms with E-state index in [2.05, 4.69) is 11.9 Å². The topological polar surface area (TPSA) is 41.9 Å². The van der Waals surface area contributed by atoms with E-state index in [1.807, 2.05) is 18.2 Å². The van der Waals surface area contributed by atoms with Gasteiger partial charge in [-0.3, -0.25) is 4.90 Å². The fourth-order valence-electron chi connectivity index (χ4n) is 3.26. The van der Waals surface area contributed by atoms with Gasteiger partial charge < -0.3 is 14.6 Å². The Hall–Kier alpha value is -1.10. The van der Waals surface area contributed by atoms with Crippen LogP contribution in [0.4, 0.5) is 0 Å². The lowest BCUT2D eigenvalue weighted by Gasteiger charge is -2.45. The van der Waals surface area contributed by atoms with Gasteiger partial charge in [0.1, 0.15) is 5.75 Å². The van der Waals surface area contributed by atoms with E-state index in [1.165, 1.54) is 0 Å². The SMILES string of the molecule is CN1CCCC2(OCCO2)C1Cc1cccc(O)c1. The van der Waals surface area contributed by atoms with E-state index in [4.69, 9.17) is 9.47 Å². The van der Waals surface area contributed by atoms with Crippen molar-refractivity contribution in [1.29, 1.82) is 0 Å².